The van der Waals surface area contributed by atoms with E-state index in [4.69, 9.17) is 5.73 Å². The predicted molar refractivity (Wildman–Crippen MR) is 73.2 cm³/mol. The summed E-state index contributed by atoms with van der Waals surface area (Å²) in [6, 6.07) is 4.97. The van der Waals surface area contributed by atoms with Crippen LogP contribution >= 0.6 is 0 Å². The Kier molecular flexibility index (Phi) is 4.27. The van der Waals surface area contributed by atoms with Crippen LogP contribution < -0.4 is 11.1 Å². The Bertz CT molecular complexity index is 522. The molecule has 0 unspecified atom stereocenters. The van der Waals surface area contributed by atoms with Gasteiger partial charge in [0.1, 0.15) is 0 Å². The molecule has 1 aromatic carbocycles. The van der Waals surface area contributed by atoms with Crippen molar-refractivity contribution in [1.82, 2.24) is 5.32 Å². The fourth-order valence-electron chi connectivity index (χ4n) is 2.95. The summed E-state index contributed by atoms with van der Waals surface area (Å²) in [5.41, 5.74) is 4.85. The first-order valence-corrected chi connectivity index (χ1v) is 6.91. The molecule has 21 heavy (non-hydrogen) atoms. The van der Waals surface area contributed by atoms with Gasteiger partial charge in [0.2, 0.25) is 5.91 Å². The molecule has 1 aromatic rings. The Morgan fingerprint density at radius 1 is 1.43 bits per heavy atom. The van der Waals surface area contributed by atoms with Gasteiger partial charge < -0.3 is 11.1 Å². The van der Waals surface area contributed by atoms with E-state index in [1.807, 2.05) is 6.92 Å². The summed E-state index contributed by atoms with van der Waals surface area (Å²) in [4.78, 5) is 12.2. The van der Waals surface area contributed by atoms with Crippen molar-refractivity contribution in [1.29, 1.82) is 0 Å². The summed E-state index contributed by atoms with van der Waals surface area (Å²) in [7, 11) is 0. The number of nitrogens with one attached hydrogen (secondary N) is 1. The molecule has 3 nitrogen and oxygen atoms in total. The normalized spacial score (nSPS) is 25.3. The van der Waals surface area contributed by atoms with Crippen LogP contribution in [0.5, 0.6) is 0 Å². The lowest BCUT2D eigenvalue weighted by atomic mass is 9.62. The average Bonchev–Trinajstić information content (AvgIpc) is 2.40. The molecule has 116 valence electrons. The summed E-state index contributed by atoms with van der Waals surface area (Å²) in [6.45, 7) is 2.40. The van der Waals surface area contributed by atoms with E-state index in [9.17, 15) is 18.0 Å². The second-order valence-electron chi connectivity index (χ2n) is 5.88. The van der Waals surface area contributed by atoms with Crippen molar-refractivity contribution in [2.24, 2.45) is 17.1 Å². The molecule has 6 heteroatoms. The van der Waals surface area contributed by atoms with Crippen LogP contribution in [0.2, 0.25) is 0 Å². The van der Waals surface area contributed by atoms with Crippen LogP contribution in [0.4, 0.5) is 13.2 Å². The zero-order valence-corrected chi connectivity index (χ0v) is 11.8. The largest absolute Gasteiger partial charge is 0.416 e. The number of hydrogen-bond acceptors (Lipinski definition) is 2. The van der Waals surface area contributed by atoms with E-state index in [0.29, 0.717) is 11.5 Å². The van der Waals surface area contributed by atoms with E-state index < -0.39 is 17.2 Å². The molecule has 0 aliphatic heterocycles. The smallest absolute Gasteiger partial charge is 0.352 e. The summed E-state index contributed by atoms with van der Waals surface area (Å²) in [6.07, 6.45) is -2.91. The zero-order chi connectivity index (χ0) is 15.7. The van der Waals surface area contributed by atoms with E-state index in [0.717, 1.165) is 25.0 Å². The molecule has 0 heterocycles. The first kappa shape index (κ1) is 15.8. The zero-order valence-electron chi connectivity index (χ0n) is 11.8. The summed E-state index contributed by atoms with van der Waals surface area (Å²) < 4.78 is 37.8. The molecule has 3 N–H and O–H groups in total. The van der Waals surface area contributed by atoms with Crippen LogP contribution in [0.25, 0.3) is 0 Å². The molecule has 0 atom stereocenters. The minimum Gasteiger partial charge on any atom is -0.352 e. The summed E-state index contributed by atoms with van der Waals surface area (Å²) in [5, 5.41) is 2.71. The standard InChI is InChI=1S/C15H19F3N2O/c1-10-6-14(7-10,9-19)13(21)20-8-11-3-2-4-12(5-11)15(16,17)18/h2-5,10H,6-9,19H2,1H3,(H,20,21). The maximum absolute atomic E-state index is 12.6. The molecule has 1 amide bonds. The Hall–Kier alpha value is -1.56. The number of nitrogens with two attached hydrogens (primary N) is 1. The monoisotopic (exact) mass is 300 g/mol. The maximum atomic E-state index is 12.6. The van der Waals surface area contributed by atoms with Crippen molar-refractivity contribution < 1.29 is 18.0 Å². The minimum atomic E-state index is -4.37. The topological polar surface area (TPSA) is 55.1 Å². The number of carbonyl (C=O) groups excluding carboxylic acids is 1. The van der Waals surface area contributed by atoms with Crippen molar-refractivity contribution >= 4 is 5.91 Å². The third kappa shape index (κ3) is 3.37. The number of hydrogen-bond donors (Lipinski definition) is 2. The van der Waals surface area contributed by atoms with Crippen LogP contribution in [-0.4, -0.2) is 12.5 Å². The Labute approximate surface area is 121 Å². The first-order valence-electron chi connectivity index (χ1n) is 6.91. The van der Waals surface area contributed by atoms with Gasteiger partial charge in [-0.1, -0.05) is 19.1 Å². The van der Waals surface area contributed by atoms with Crippen LogP contribution in [-0.2, 0) is 17.5 Å². The summed E-state index contributed by atoms with van der Waals surface area (Å²) in [5.74, 6) is 0.299. The third-order valence-corrected chi connectivity index (χ3v) is 4.06. The molecule has 1 aliphatic rings. The van der Waals surface area contributed by atoms with Gasteiger partial charge in [-0.2, -0.15) is 13.2 Å². The fourth-order valence-corrected chi connectivity index (χ4v) is 2.95. The van der Waals surface area contributed by atoms with Crippen molar-refractivity contribution in [3.63, 3.8) is 0 Å². The van der Waals surface area contributed by atoms with Gasteiger partial charge >= 0.3 is 6.18 Å². The fraction of sp³-hybridized carbons (Fsp3) is 0.533. The van der Waals surface area contributed by atoms with Gasteiger partial charge in [-0.05, 0) is 36.5 Å². The van der Waals surface area contributed by atoms with Crippen LogP contribution in [0, 0.1) is 11.3 Å². The van der Waals surface area contributed by atoms with Gasteiger partial charge in [-0.15, -0.1) is 0 Å². The Morgan fingerprint density at radius 2 is 2.10 bits per heavy atom. The lowest BCUT2D eigenvalue weighted by molar-refractivity contribution is -0.138. The van der Waals surface area contributed by atoms with E-state index in [-0.39, 0.29) is 19.0 Å². The van der Waals surface area contributed by atoms with Crippen molar-refractivity contribution in [3.05, 3.63) is 35.4 Å². The lowest BCUT2D eigenvalue weighted by Crippen LogP contribution is -2.53. The first-order chi connectivity index (χ1) is 9.77. The number of rotatable bonds is 4. The molecule has 0 spiro atoms. The van der Waals surface area contributed by atoms with E-state index in [1.165, 1.54) is 6.07 Å². The molecule has 0 saturated heterocycles. The molecule has 1 fully saturated rings. The maximum Gasteiger partial charge on any atom is 0.416 e. The van der Waals surface area contributed by atoms with Gasteiger partial charge in [0.15, 0.2) is 0 Å². The molecule has 0 aromatic heterocycles. The highest BCUT2D eigenvalue weighted by Gasteiger charge is 2.46. The highest BCUT2D eigenvalue weighted by Crippen LogP contribution is 2.44. The van der Waals surface area contributed by atoms with Gasteiger partial charge in [-0.25, -0.2) is 0 Å². The molecular formula is C15H19F3N2O. The number of amides is 1. The van der Waals surface area contributed by atoms with Crippen LogP contribution in [0.1, 0.15) is 30.9 Å². The third-order valence-electron chi connectivity index (χ3n) is 4.06. The second kappa shape index (κ2) is 5.67. The SMILES string of the molecule is CC1CC(CN)(C(=O)NCc2cccc(C(F)(F)F)c2)C1. The number of alkyl halides is 3. The van der Waals surface area contributed by atoms with E-state index >= 15 is 0 Å². The number of carbonyl (C=O) groups is 1. The minimum absolute atomic E-state index is 0.0822. The number of halogens is 3. The second-order valence-corrected chi connectivity index (χ2v) is 5.88. The van der Waals surface area contributed by atoms with Gasteiger partial charge in [0.05, 0.1) is 11.0 Å². The van der Waals surface area contributed by atoms with Crippen molar-refractivity contribution in [3.8, 4) is 0 Å². The van der Waals surface area contributed by atoms with E-state index in [1.54, 1.807) is 6.07 Å². The van der Waals surface area contributed by atoms with Crippen molar-refractivity contribution in [2.45, 2.75) is 32.5 Å². The molecule has 2 rings (SSSR count). The van der Waals surface area contributed by atoms with Gasteiger partial charge in [0, 0.05) is 13.1 Å². The molecule has 1 saturated carbocycles. The Balaban J connectivity index is 1.99. The molecule has 1 aliphatic carbocycles. The number of benzene rings is 1. The van der Waals surface area contributed by atoms with Gasteiger partial charge in [0.25, 0.3) is 0 Å². The highest BCUT2D eigenvalue weighted by atomic mass is 19.4. The Morgan fingerprint density at radius 3 is 2.62 bits per heavy atom. The van der Waals surface area contributed by atoms with E-state index in [2.05, 4.69) is 5.32 Å². The molecule has 0 bridgehead atoms. The van der Waals surface area contributed by atoms with Crippen LogP contribution in [0.3, 0.4) is 0 Å². The lowest BCUT2D eigenvalue weighted by Gasteiger charge is -2.44. The summed E-state index contributed by atoms with van der Waals surface area (Å²) >= 11 is 0. The quantitative estimate of drug-likeness (QED) is 0.898. The average molecular weight is 300 g/mol. The van der Waals surface area contributed by atoms with Crippen molar-refractivity contribution in [2.75, 3.05) is 6.54 Å². The predicted octanol–water partition coefficient (Wildman–Crippen LogP) is 2.70. The highest BCUT2D eigenvalue weighted by molar-refractivity contribution is 5.83. The van der Waals surface area contributed by atoms with Gasteiger partial charge in [-0.3, -0.25) is 4.79 Å². The molecular weight excluding hydrogens is 281 g/mol. The molecule has 0 radical (unpaired) electrons. The van der Waals surface area contributed by atoms with Crippen LogP contribution in [0.15, 0.2) is 24.3 Å².